The Bertz CT molecular complexity index is 1930. The molecule has 5 saturated heterocycles. The van der Waals surface area contributed by atoms with Crippen molar-refractivity contribution in [2.75, 3.05) is 33.5 Å². The first kappa shape index (κ1) is 58.5. The zero-order chi connectivity index (χ0) is 54.2. The fourth-order valence-corrected chi connectivity index (χ4v) is 15.2. The number of rotatable bonds is 16. The van der Waals surface area contributed by atoms with E-state index in [1.54, 1.807) is 7.11 Å². The molecule has 23 nitrogen and oxygen atoms in total. The quantitative estimate of drug-likeness (QED) is 0.0720. The standard InChI is InChI=1S/C52H86O23/c1-21(19-67-46-42(63)39(60)35(56)30(17-53)71-46)9-14-52(66-6)22(2)33-29(75-52)16-28-26-8-7-24-15-25(10-12-50(24,4)27(26)11-13-51(28,33)5)70-49-45(74-48-44(65)38(59)34(55)23(3)69-48)41(62)37(58)32(73-49)20-68-47-43(64)40(61)36(57)31(18-54)72-47/h7,21-23,25-49,53-65H,8-20H2,1-6H3/t21-,22-,23-,25+,26+,27-,28-,29-,30-,31-,32-,33-,34-,35-,36-,37-,38+,39+,40+,41+,42-,43-,44-,45-,46-,47-,48+,49-,50+,51+,52+/m0/s1. The lowest BCUT2D eigenvalue weighted by Gasteiger charge is -2.58. The molecule has 0 unspecified atom stereocenters. The fraction of sp³-hybridized carbons (Fsp3) is 0.962. The summed E-state index contributed by atoms with van der Waals surface area (Å²) >= 11 is 0. The summed E-state index contributed by atoms with van der Waals surface area (Å²) in [6.45, 7) is 9.03. The van der Waals surface area contributed by atoms with E-state index in [2.05, 4.69) is 26.8 Å². The van der Waals surface area contributed by atoms with Crippen molar-refractivity contribution >= 4 is 0 Å². The Kier molecular flexibility index (Phi) is 17.9. The summed E-state index contributed by atoms with van der Waals surface area (Å²) in [5.41, 5.74) is 1.14. The maximum atomic E-state index is 11.7. The zero-order valence-electron chi connectivity index (χ0n) is 43.8. The SMILES string of the molecule is CO[C@]1(CC[C@H](C)CO[C@H]2O[C@@H](CO)[C@H](O)[C@@H](O)[C@@H]2O)O[C@H]2C[C@H]3[C@@H]4CC=C5C[C@H](O[C@H]6O[C@@H](CO[C@H]7O[C@@H](CO)[C@H](O)[C@@H](O)[C@@H]7O)[C@H](O)[C@@H](O)[C@@H]6O[C@H]6O[C@@H](C)[C@H](O)[C@@H](O)[C@@H]6O)CC[C@@]5(C)[C@H]4CC[C@@]3(C)[C@H]2[C@@H]1C. The highest BCUT2D eigenvalue weighted by molar-refractivity contribution is 5.26. The van der Waals surface area contributed by atoms with Crippen molar-refractivity contribution in [1.29, 1.82) is 0 Å². The van der Waals surface area contributed by atoms with Crippen LogP contribution in [0.1, 0.15) is 92.4 Å². The first-order valence-corrected chi connectivity index (χ1v) is 27.3. The Morgan fingerprint density at radius 2 is 1.25 bits per heavy atom. The highest BCUT2D eigenvalue weighted by atomic mass is 16.8. The lowest BCUT2D eigenvalue weighted by Crippen LogP contribution is -2.65. The van der Waals surface area contributed by atoms with Gasteiger partial charge in [0.05, 0.1) is 44.7 Å². The summed E-state index contributed by atoms with van der Waals surface area (Å²) in [5, 5.41) is 136. The van der Waals surface area contributed by atoms with Crippen LogP contribution >= 0.6 is 0 Å². The highest BCUT2D eigenvalue weighted by Gasteiger charge is 2.68. The predicted molar refractivity (Wildman–Crippen MR) is 255 cm³/mol. The molecule has 75 heavy (non-hydrogen) atoms. The minimum Gasteiger partial charge on any atom is -0.394 e. The Morgan fingerprint density at radius 3 is 1.89 bits per heavy atom. The van der Waals surface area contributed by atoms with Gasteiger partial charge in [0.1, 0.15) is 91.6 Å². The molecule has 5 aliphatic heterocycles. The van der Waals surface area contributed by atoms with Crippen LogP contribution in [-0.2, 0) is 47.4 Å². The van der Waals surface area contributed by atoms with Crippen LogP contribution in [0.15, 0.2) is 11.6 Å². The van der Waals surface area contributed by atoms with Crippen LogP contribution in [0.5, 0.6) is 0 Å². The molecule has 0 radical (unpaired) electrons. The molecule has 9 aliphatic rings. The molecule has 0 amide bonds. The summed E-state index contributed by atoms with van der Waals surface area (Å²) in [4.78, 5) is 0. The molecular formula is C52H86O23. The predicted octanol–water partition coefficient (Wildman–Crippen LogP) is -2.35. The van der Waals surface area contributed by atoms with E-state index in [4.69, 9.17) is 47.4 Å². The molecule has 23 heteroatoms. The van der Waals surface area contributed by atoms with Crippen molar-refractivity contribution in [3.8, 4) is 0 Å². The van der Waals surface area contributed by atoms with Crippen molar-refractivity contribution in [2.45, 2.75) is 233 Å². The molecule has 0 spiro atoms. The molecule has 4 aliphatic carbocycles. The van der Waals surface area contributed by atoms with Crippen molar-refractivity contribution in [1.82, 2.24) is 0 Å². The topological polar surface area (TPSA) is 355 Å². The van der Waals surface area contributed by atoms with E-state index in [0.717, 1.165) is 32.1 Å². The van der Waals surface area contributed by atoms with Gasteiger partial charge in [0, 0.05) is 19.4 Å². The molecule has 31 atom stereocenters. The number of hydrogen-bond acceptors (Lipinski definition) is 23. The number of aliphatic hydroxyl groups is 13. The van der Waals surface area contributed by atoms with Crippen molar-refractivity contribution in [3.05, 3.63) is 11.6 Å². The monoisotopic (exact) mass is 1080 g/mol. The molecule has 3 saturated carbocycles. The first-order valence-electron chi connectivity index (χ1n) is 27.3. The van der Waals surface area contributed by atoms with Crippen LogP contribution in [0.2, 0.25) is 0 Å². The third-order valence-electron chi connectivity index (χ3n) is 19.8. The van der Waals surface area contributed by atoms with Gasteiger partial charge in [0.2, 0.25) is 0 Å². The van der Waals surface area contributed by atoms with Gasteiger partial charge >= 0.3 is 0 Å². The molecule has 0 bridgehead atoms. The second-order valence-corrected chi connectivity index (χ2v) is 24.0. The van der Waals surface area contributed by atoms with Gasteiger partial charge in [0.25, 0.3) is 0 Å². The Morgan fingerprint density at radius 1 is 0.653 bits per heavy atom. The average molecular weight is 1080 g/mol. The minimum absolute atomic E-state index is 0.00195. The van der Waals surface area contributed by atoms with Crippen LogP contribution < -0.4 is 0 Å². The number of allylic oxidation sites excluding steroid dienone is 1. The fourth-order valence-electron chi connectivity index (χ4n) is 15.2. The molecule has 432 valence electrons. The van der Waals surface area contributed by atoms with Gasteiger partial charge in [-0.15, -0.1) is 0 Å². The van der Waals surface area contributed by atoms with Gasteiger partial charge in [-0.25, -0.2) is 0 Å². The zero-order valence-corrected chi connectivity index (χ0v) is 43.8. The van der Waals surface area contributed by atoms with Crippen molar-refractivity contribution in [2.24, 2.45) is 46.3 Å². The maximum Gasteiger partial charge on any atom is 0.187 e. The van der Waals surface area contributed by atoms with Gasteiger partial charge in [-0.2, -0.15) is 0 Å². The highest BCUT2D eigenvalue weighted by Crippen LogP contribution is 2.70. The first-order chi connectivity index (χ1) is 35.5. The van der Waals surface area contributed by atoms with Gasteiger partial charge in [-0.3, -0.25) is 0 Å². The van der Waals surface area contributed by atoms with Crippen LogP contribution in [-0.4, -0.2) is 241 Å². The van der Waals surface area contributed by atoms with Crippen molar-refractivity contribution < 1.29 is 114 Å². The van der Waals surface area contributed by atoms with E-state index in [1.807, 2.05) is 6.92 Å². The summed E-state index contributed by atoms with van der Waals surface area (Å²) in [5.74, 6) is 0.806. The van der Waals surface area contributed by atoms with Gasteiger partial charge in [-0.1, -0.05) is 39.3 Å². The summed E-state index contributed by atoms with van der Waals surface area (Å²) in [6.07, 6.45) is -20.6. The Labute approximate surface area is 437 Å². The molecule has 13 N–H and O–H groups in total. The van der Waals surface area contributed by atoms with E-state index < -0.39 is 155 Å². The van der Waals surface area contributed by atoms with Crippen LogP contribution in [0.4, 0.5) is 0 Å². The average Bonchev–Trinajstić information content (AvgIpc) is 3.91. The van der Waals surface area contributed by atoms with E-state index >= 15 is 0 Å². The summed E-state index contributed by atoms with van der Waals surface area (Å²) in [7, 11) is 1.71. The number of hydrogen-bond donors (Lipinski definition) is 13. The van der Waals surface area contributed by atoms with E-state index in [1.165, 1.54) is 12.5 Å². The minimum atomic E-state index is -1.75. The molecular weight excluding hydrogens is 993 g/mol. The second kappa shape index (κ2) is 23.0. The normalized spacial score (nSPS) is 54.3. The summed E-state index contributed by atoms with van der Waals surface area (Å²) in [6, 6.07) is 0. The lowest BCUT2D eigenvalue weighted by molar-refractivity contribution is -0.375. The number of methoxy groups -OCH3 is 1. The lowest BCUT2D eigenvalue weighted by atomic mass is 9.47. The van der Waals surface area contributed by atoms with Gasteiger partial charge in [-0.05, 0) is 98.7 Å². The maximum absolute atomic E-state index is 11.7. The molecule has 9 rings (SSSR count). The van der Waals surface area contributed by atoms with E-state index in [-0.39, 0.29) is 41.3 Å². The largest absolute Gasteiger partial charge is 0.394 e. The van der Waals surface area contributed by atoms with Gasteiger partial charge in [0.15, 0.2) is 30.9 Å². The third kappa shape index (κ3) is 10.6. The molecule has 5 heterocycles. The third-order valence-corrected chi connectivity index (χ3v) is 19.8. The molecule has 0 aromatic rings. The molecule has 8 fully saturated rings. The number of ether oxygens (including phenoxy) is 10. The molecule has 0 aromatic heterocycles. The van der Waals surface area contributed by atoms with Crippen LogP contribution in [0, 0.1) is 46.3 Å². The second-order valence-electron chi connectivity index (χ2n) is 24.0. The number of aliphatic hydroxyl groups excluding tert-OH is 13. The van der Waals surface area contributed by atoms with Crippen LogP contribution in [0.25, 0.3) is 0 Å². The Hall–Kier alpha value is -1.18. The molecule has 0 aromatic carbocycles. The van der Waals surface area contributed by atoms with Crippen LogP contribution in [0.3, 0.4) is 0 Å². The summed E-state index contributed by atoms with van der Waals surface area (Å²) < 4.78 is 60.8. The number of fused-ring (bicyclic) bond motifs is 7. The van der Waals surface area contributed by atoms with Gasteiger partial charge < -0.3 is 114 Å². The smallest absolute Gasteiger partial charge is 0.187 e. The van der Waals surface area contributed by atoms with E-state index in [9.17, 15) is 66.4 Å². The van der Waals surface area contributed by atoms with Crippen molar-refractivity contribution in [3.63, 3.8) is 0 Å². The van der Waals surface area contributed by atoms with E-state index in [0.29, 0.717) is 43.4 Å². The Balaban J connectivity index is 0.849.